The minimum atomic E-state index is 0.0347. The fourth-order valence-corrected chi connectivity index (χ4v) is 6.95. The first kappa shape index (κ1) is 12.9. The van der Waals surface area contributed by atoms with Gasteiger partial charge in [-0.05, 0) is 37.4 Å². The molecule has 1 spiro atoms. The maximum Gasteiger partial charge on any atom is 0.0968 e. The Morgan fingerprint density at radius 3 is 3.13 bits per heavy atom. The van der Waals surface area contributed by atoms with Crippen molar-refractivity contribution in [3.8, 4) is 0 Å². The molecule has 2 saturated carbocycles. The summed E-state index contributed by atoms with van der Waals surface area (Å²) in [5.41, 5.74) is 4.07. The van der Waals surface area contributed by atoms with Gasteiger partial charge < -0.3 is 9.64 Å². The van der Waals surface area contributed by atoms with E-state index < -0.39 is 0 Å². The molecule has 3 heteroatoms. The zero-order valence-corrected chi connectivity index (χ0v) is 13.5. The van der Waals surface area contributed by atoms with Gasteiger partial charge in [-0.3, -0.25) is 4.99 Å². The van der Waals surface area contributed by atoms with Gasteiger partial charge in [0.25, 0.3) is 0 Å². The SMILES string of the molecule is C=C[C@@]12CN(C)[C@H]3C[C@@]14C(=Nc1ccccc14)[C@H]1C[C@@H]2[C@@H]3CO1. The van der Waals surface area contributed by atoms with Gasteiger partial charge in [-0.2, -0.15) is 0 Å². The van der Waals surface area contributed by atoms with Crippen LogP contribution in [0, 0.1) is 17.3 Å². The molecule has 4 heterocycles. The monoisotopic (exact) mass is 306 g/mol. The predicted octanol–water partition coefficient (Wildman–Crippen LogP) is 2.94. The van der Waals surface area contributed by atoms with Gasteiger partial charge >= 0.3 is 0 Å². The maximum absolute atomic E-state index is 6.32. The van der Waals surface area contributed by atoms with Crippen molar-refractivity contribution < 1.29 is 4.74 Å². The zero-order valence-electron chi connectivity index (χ0n) is 13.5. The molecule has 1 aromatic rings. The van der Waals surface area contributed by atoms with Crippen LogP contribution in [-0.4, -0.2) is 43.0 Å². The summed E-state index contributed by atoms with van der Waals surface area (Å²) in [5.74, 6) is 1.35. The number of hydrogen-bond donors (Lipinski definition) is 0. The molecule has 0 amide bonds. The molecule has 5 bridgehead atoms. The second kappa shape index (κ2) is 3.79. The lowest BCUT2D eigenvalue weighted by Gasteiger charge is -2.72. The molecule has 23 heavy (non-hydrogen) atoms. The van der Waals surface area contributed by atoms with Crippen molar-refractivity contribution in [2.24, 2.45) is 22.2 Å². The number of aliphatic imine (C=N–C) groups is 1. The van der Waals surface area contributed by atoms with Gasteiger partial charge in [0.05, 0.1) is 29.5 Å². The third-order valence-electron chi connectivity index (χ3n) is 7.73. The number of benzene rings is 1. The molecule has 3 nitrogen and oxygen atoms in total. The van der Waals surface area contributed by atoms with E-state index in [2.05, 4.69) is 48.9 Å². The molecule has 6 atom stereocenters. The molecular weight excluding hydrogens is 284 g/mol. The minimum Gasteiger partial charge on any atom is -0.372 e. The molecule has 0 N–H and O–H groups in total. The largest absolute Gasteiger partial charge is 0.372 e. The summed E-state index contributed by atoms with van der Waals surface area (Å²) in [6, 6.07) is 9.39. The molecule has 1 aromatic carbocycles. The summed E-state index contributed by atoms with van der Waals surface area (Å²) in [7, 11) is 2.29. The van der Waals surface area contributed by atoms with E-state index in [1.165, 1.54) is 23.4 Å². The molecule has 0 unspecified atom stereocenters. The van der Waals surface area contributed by atoms with E-state index in [1.807, 2.05) is 0 Å². The van der Waals surface area contributed by atoms with E-state index in [9.17, 15) is 0 Å². The van der Waals surface area contributed by atoms with Crippen LogP contribution >= 0.6 is 0 Å². The van der Waals surface area contributed by atoms with Crippen LogP contribution < -0.4 is 0 Å². The Kier molecular flexibility index (Phi) is 2.12. The molecule has 118 valence electrons. The lowest BCUT2D eigenvalue weighted by atomic mass is 9.38. The van der Waals surface area contributed by atoms with Crippen LogP contribution in [0.5, 0.6) is 0 Å². The summed E-state index contributed by atoms with van der Waals surface area (Å²) in [4.78, 5) is 7.70. The Bertz CT molecular complexity index is 771. The number of nitrogens with zero attached hydrogens (tertiary/aromatic N) is 2. The van der Waals surface area contributed by atoms with Crippen LogP contribution in [0.25, 0.3) is 0 Å². The Hall–Kier alpha value is -1.45. The van der Waals surface area contributed by atoms with E-state index in [-0.39, 0.29) is 16.9 Å². The highest BCUT2D eigenvalue weighted by Gasteiger charge is 2.74. The topological polar surface area (TPSA) is 24.8 Å². The molecular formula is C20H22N2O. The molecule has 0 aromatic heterocycles. The van der Waals surface area contributed by atoms with E-state index in [0.717, 1.165) is 19.6 Å². The number of rotatable bonds is 1. The first-order chi connectivity index (χ1) is 11.2. The maximum atomic E-state index is 6.32. The summed E-state index contributed by atoms with van der Waals surface area (Å²) < 4.78 is 6.32. The van der Waals surface area contributed by atoms with E-state index in [1.54, 1.807) is 0 Å². The van der Waals surface area contributed by atoms with Gasteiger partial charge in [-0.25, -0.2) is 0 Å². The standard InChI is InChI=1S/C20H22N2O/c1-3-19-11-22(2)16-9-20(19)13-6-4-5-7-15(13)21-18(20)17-8-14(19)12(16)10-23-17/h3-7,12,14,16-17H,1,8-11H2,2H3/t12-,14+,16-,17+,19-,20+/m0/s1. The first-order valence-corrected chi connectivity index (χ1v) is 8.85. The van der Waals surface area contributed by atoms with Crippen molar-refractivity contribution in [2.45, 2.75) is 30.4 Å². The molecule has 2 aliphatic carbocycles. The number of fused-ring (bicyclic) bond motifs is 4. The smallest absolute Gasteiger partial charge is 0.0968 e. The van der Waals surface area contributed by atoms with E-state index >= 15 is 0 Å². The molecule has 3 saturated heterocycles. The second-order valence-electron chi connectivity index (χ2n) is 8.18. The molecule has 5 fully saturated rings. The van der Waals surface area contributed by atoms with Crippen molar-refractivity contribution in [3.63, 3.8) is 0 Å². The van der Waals surface area contributed by atoms with Crippen LogP contribution in [0.3, 0.4) is 0 Å². The summed E-state index contributed by atoms with van der Waals surface area (Å²) in [6.45, 7) is 6.37. The molecule has 4 aliphatic heterocycles. The minimum absolute atomic E-state index is 0.0347. The highest BCUT2D eigenvalue weighted by atomic mass is 16.5. The van der Waals surface area contributed by atoms with Crippen molar-refractivity contribution in [1.82, 2.24) is 4.90 Å². The second-order valence-corrected chi connectivity index (χ2v) is 8.18. The van der Waals surface area contributed by atoms with Crippen LogP contribution in [0.2, 0.25) is 0 Å². The lowest BCUT2D eigenvalue weighted by Crippen LogP contribution is -2.78. The van der Waals surface area contributed by atoms with Crippen LogP contribution in [0.15, 0.2) is 41.9 Å². The zero-order chi connectivity index (χ0) is 15.4. The fourth-order valence-electron chi connectivity index (χ4n) is 6.95. The van der Waals surface area contributed by atoms with Crippen molar-refractivity contribution in [3.05, 3.63) is 42.5 Å². The van der Waals surface area contributed by atoms with Gasteiger partial charge in [0.15, 0.2) is 0 Å². The Morgan fingerprint density at radius 1 is 1.39 bits per heavy atom. The first-order valence-electron chi connectivity index (χ1n) is 8.85. The van der Waals surface area contributed by atoms with Crippen molar-refractivity contribution in [1.29, 1.82) is 0 Å². The number of piperidine rings is 2. The van der Waals surface area contributed by atoms with Crippen LogP contribution in [0.4, 0.5) is 5.69 Å². The highest BCUT2D eigenvalue weighted by Crippen LogP contribution is 2.70. The Balaban J connectivity index is 1.72. The summed E-state index contributed by atoms with van der Waals surface area (Å²) >= 11 is 0. The van der Waals surface area contributed by atoms with Crippen molar-refractivity contribution in [2.75, 3.05) is 20.2 Å². The third kappa shape index (κ3) is 1.15. The average molecular weight is 306 g/mol. The Morgan fingerprint density at radius 2 is 2.26 bits per heavy atom. The lowest BCUT2D eigenvalue weighted by molar-refractivity contribution is -0.190. The highest BCUT2D eigenvalue weighted by molar-refractivity contribution is 6.07. The average Bonchev–Trinajstić information content (AvgIpc) is 2.90. The van der Waals surface area contributed by atoms with Gasteiger partial charge in [-0.1, -0.05) is 24.3 Å². The number of hydrogen-bond acceptors (Lipinski definition) is 3. The fraction of sp³-hybridized carbons (Fsp3) is 0.550. The normalized spacial score (nSPS) is 48.8. The van der Waals surface area contributed by atoms with Crippen LogP contribution in [0.1, 0.15) is 18.4 Å². The third-order valence-corrected chi connectivity index (χ3v) is 7.73. The number of ether oxygens (including phenoxy) is 1. The summed E-state index contributed by atoms with van der Waals surface area (Å²) in [5, 5.41) is 0. The van der Waals surface area contributed by atoms with Crippen LogP contribution in [-0.2, 0) is 10.2 Å². The van der Waals surface area contributed by atoms with E-state index in [0.29, 0.717) is 17.9 Å². The Labute approximate surface area is 137 Å². The van der Waals surface area contributed by atoms with Gasteiger partial charge in [0, 0.05) is 23.9 Å². The molecule has 6 aliphatic rings. The van der Waals surface area contributed by atoms with E-state index in [4.69, 9.17) is 9.73 Å². The predicted molar refractivity (Wildman–Crippen MR) is 90.2 cm³/mol. The number of para-hydroxylation sites is 1. The molecule has 0 radical (unpaired) electrons. The van der Waals surface area contributed by atoms with Gasteiger partial charge in [-0.15, -0.1) is 6.58 Å². The molecule has 7 rings (SSSR count). The van der Waals surface area contributed by atoms with Gasteiger partial charge in [0.2, 0.25) is 0 Å². The quantitative estimate of drug-likeness (QED) is 0.745. The van der Waals surface area contributed by atoms with Crippen molar-refractivity contribution >= 4 is 11.4 Å². The van der Waals surface area contributed by atoms with Gasteiger partial charge in [0.1, 0.15) is 0 Å². The summed E-state index contributed by atoms with van der Waals surface area (Å²) in [6.07, 6.45) is 4.85.